The van der Waals surface area contributed by atoms with Gasteiger partial charge in [0, 0.05) is 22.0 Å². The second-order valence-corrected chi connectivity index (χ2v) is 11.6. The van der Waals surface area contributed by atoms with Gasteiger partial charge in [-0.15, -0.1) is 0 Å². The highest BCUT2D eigenvalue weighted by Gasteiger charge is 2.42. The zero-order valence-electron chi connectivity index (χ0n) is 23.3. The smallest absolute Gasteiger partial charge is 0.131 e. The molecule has 0 saturated heterocycles. The van der Waals surface area contributed by atoms with E-state index >= 15 is 0 Å². The molecule has 1 aliphatic heterocycles. The molecule has 2 unspecified atom stereocenters. The number of benzene rings is 6. The quantitative estimate of drug-likeness (QED) is 0.223. The summed E-state index contributed by atoms with van der Waals surface area (Å²) in [6, 6.07) is 52.8. The van der Waals surface area contributed by atoms with E-state index in [-0.39, 0.29) is 10.8 Å². The molecule has 0 N–H and O–H groups in total. The van der Waals surface area contributed by atoms with Gasteiger partial charge < -0.3 is 4.74 Å². The molecule has 8 rings (SSSR count). The van der Waals surface area contributed by atoms with Crippen LogP contribution in [-0.2, 0) is 10.8 Å². The summed E-state index contributed by atoms with van der Waals surface area (Å²) >= 11 is 0. The van der Waals surface area contributed by atoms with Crippen molar-refractivity contribution in [3.8, 4) is 33.8 Å². The molecular formula is C40H30O. The summed E-state index contributed by atoms with van der Waals surface area (Å²) in [4.78, 5) is 0. The standard InChI is InChI=1S/C40H30O/c1-39(29-13-5-3-6-14-29)33-18-10-9-17-31(33)32-23-21-27(25-35(32)39)28-22-24-38-36(26-28)40(2,30-15-7-4-8-16-30)34-19-11-12-20-37(34)41-38/h3-26H,1-2H3. The zero-order valence-corrected chi connectivity index (χ0v) is 23.3. The fourth-order valence-corrected chi connectivity index (χ4v) is 7.26. The van der Waals surface area contributed by atoms with Crippen LogP contribution in [0.5, 0.6) is 11.5 Å². The Morgan fingerprint density at radius 2 is 0.878 bits per heavy atom. The first kappa shape index (κ1) is 24.0. The Morgan fingerprint density at radius 3 is 1.59 bits per heavy atom. The third-order valence-electron chi connectivity index (χ3n) is 9.51. The van der Waals surface area contributed by atoms with Gasteiger partial charge in [-0.3, -0.25) is 0 Å². The summed E-state index contributed by atoms with van der Waals surface area (Å²) < 4.78 is 6.49. The summed E-state index contributed by atoms with van der Waals surface area (Å²) in [5.41, 5.74) is 12.2. The number of rotatable bonds is 3. The highest BCUT2D eigenvalue weighted by atomic mass is 16.5. The van der Waals surface area contributed by atoms with Gasteiger partial charge in [0.05, 0.1) is 0 Å². The van der Waals surface area contributed by atoms with Crippen LogP contribution in [0.25, 0.3) is 22.3 Å². The number of fused-ring (bicyclic) bond motifs is 5. The predicted octanol–water partition coefficient (Wildman–Crippen LogP) is 10.1. The minimum Gasteiger partial charge on any atom is -0.457 e. The van der Waals surface area contributed by atoms with Crippen molar-refractivity contribution in [2.45, 2.75) is 24.7 Å². The van der Waals surface area contributed by atoms with Gasteiger partial charge in [0.2, 0.25) is 0 Å². The van der Waals surface area contributed by atoms with Gasteiger partial charge in [-0.2, -0.15) is 0 Å². The first-order chi connectivity index (χ1) is 20.1. The normalized spacial score (nSPS) is 19.9. The van der Waals surface area contributed by atoms with Crippen molar-refractivity contribution < 1.29 is 4.74 Å². The maximum atomic E-state index is 6.49. The SMILES string of the molecule is CC1(c2ccccc2)c2ccccc2Oc2ccc(-c3ccc4c(c3)C(C)(c3ccccc3)c3ccccc3-4)cc21. The molecule has 2 atom stereocenters. The lowest BCUT2D eigenvalue weighted by Crippen LogP contribution is -2.29. The Hall–Kier alpha value is -4.88. The van der Waals surface area contributed by atoms with Gasteiger partial charge in [0.25, 0.3) is 0 Å². The lowest BCUT2D eigenvalue weighted by atomic mass is 9.69. The van der Waals surface area contributed by atoms with Crippen LogP contribution < -0.4 is 4.74 Å². The van der Waals surface area contributed by atoms with Crippen molar-refractivity contribution in [3.63, 3.8) is 0 Å². The molecule has 41 heavy (non-hydrogen) atoms. The van der Waals surface area contributed by atoms with Crippen LogP contribution in [0.3, 0.4) is 0 Å². The minimum absolute atomic E-state index is 0.224. The van der Waals surface area contributed by atoms with Crippen LogP contribution in [-0.4, -0.2) is 0 Å². The van der Waals surface area contributed by atoms with Gasteiger partial charge in [-0.25, -0.2) is 0 Å². The van der Waals surface area contributed by atoms with Gasteiger partial charge in [-0.1, -0.05) is 121 Å². The van der Waals surface area contributed by atoms with E-state index in [1.807, 2.05) is 0 Å². The lowest BCUT2D eigenvalue weighted by Gasteiger charge is -2.38. The molecule has 0 saturated carbocycles. The molecule has 1 heterocycles. The Labute approximate surface area is 241 Å². The summed E-state index contributed by atoms with van der Waals surface area (Å²) in [7, 11) is 0. The van der Waals surface area contributed by atoms with E-state index < -0.39 is 0 Å². The van der Waals surface area contributed by atoms with Gasteiger partial charge in [0.15, 0.2) is 0 Å². The number of hydrogen-bond donors (Lipinski definition) is 0. The molecule has 196 valence electrons. The molecule has 1 aliphatic carbocycles. The van der Waals surface area contributed by atoms with Crippen molar-refractivity contribution in [2.24, 2.45) is 0 Å². The zero-order chi connectivity index (χ0) is 27.6. The van der Waals surface area contributed by atoms with Crippen molar-refractivity contribution >= 4 is 0 Å². The topological polar surface area (TPSA) is 9.23 Å². The van der Waals surface area contributed by atoms with Gasteiger partial charge >= 0.3 is 0 Å². The molecule has 6 aromatic rings. The van der Waals surface area contributed by atoms with Crippen LogP contribution in [0, 0.1) is 0 Å². The lowest BCUT2D eigenvalue weighted by molar-refractivity contribution is 0.427. The van der Waals surface area contributed by atoms with Crippen LogP contribution in [0.4, 0.5) is 0 Å². The average molecular weight is 527 g/mol. The average Bonchev–Trinajstić information content (AvgIpc) is 3.30. The molecule has 0 radical (unpaired) electrons. The Morgan fingerprint density at radius 1 is 0.390 bits per heavy atom. The van der Waals surface area contributed by atoms with Gasteiger partial charge in [0.1, 0.15) is 11.5 Å². The maximum absolute atomic E-state index is 6.49. The third kappa shape index (κ3) is 3.36. The van der Waals surface area contributed by atoms with Gasteiger partial charge in [-0.05, 0) is 82.6 Å². The van der Waals surface area contributed by atoms with E-state index in [9.17, 15) is 0 Å². The second kappa shape index (κ2) is 8.81. The molecule has 2 aliphatic rings. The molecule has 6 aromatic carbocycles. The van der Waals surface area contributed by atoms with Crippen LogP contribution in [0.2, 0.25) is 0 Å². The van der Waals surface area contributed by atoms with Crippen molar-refractivity contribution in [3.05, 3.63) is 179 Å². The van der Waals surface area contributed by atoms with Crippen LogP contribution in [0.15, 0.2) is 146 Å². The number of hydrogen-bond acceptors (Lipinski definition) is 1. The number of ether oxygens (including phenoxy) is 1. The maximum Gasteiger partial charge on any atom is 0.131 e. The Kier molecular flexibility index (Phi) is 5.15. The Balaban J connectivity index is 1.32. The molecule has 0 spiro atoms. The van der Waals surface area contributed by atoms with Crippen LogP contribution in [0.1, 0.15) is 47.2 Å². The van der Waals surface area contributed by atoms with E-state index in [0.717, 1.165) is 11.5 Å². The summed E-state index contributed by atoms with van der Waals surface area (Å²) in [5.74, 6) is 1.84. The number of para-hydroxylation sites is 1. The summed E-state index contributed by atoms with van der Waals surface area (Å²) in [6.45, 7) is 4.71. The second-order valence-electron chi connectivity index (χ2n) is 11.6. The monoisotopic (exact) mass is 526 g/mol. The van der Waals surface area contributed by atoms with E-state index in [0.29, 0.717) is 0 Å². The van der Waals surface area contributed by atoms with E-state index in [1.54, 1.807) is 0 Å². The highest BCUT2D eigenvalue weighted by molar-refractivity contribution is 5.86. The molecule has 0 bridgehead atoms. The summed E-state index contributed by atoms with van der Waals surface area (Å²) in [6.07, 6.45) is 0. The predicted molar refractivity (Wildman–Crippen MR) is 168 cm³/mol. The largest absolute Gasteiger partial charge is 0.457 e. The van der Waals surface area contributed by atoms with Crippen molar-refractivity contribution in [1.29, 1.82) is 0 Å². The molecule has 0 amide bonds. The minimum atomic E-state index is -0.340. The molecular weight excluding hydrogens is 496 g/mol. The van der Waals surface area contributed by atoms with Crippen LogP contribution >= 0.6 is 0 Å². The first-order valence-electron chi connectivity index (χ1n) is 14.4. The summed E-state index contributed by atoms with van der Waals surface area (Å²) in [5, 5.41) is 0. The third-order valence-corrected chi connectivity index (χ3v) is 9.51. The highest BCUT2D eigenvalue weighted by Crippen LogP contribution is 2.55. The van der Waals surface area contributed by atoms with Crippen molar-refractivity contribution in [1.82, 2.24) is 0 Å². The Bertz CT molecular complexity index is 1940. The molecule has 0 aromatic heterocycles. The van der Waals surface area contributed by atoms with E-state index in [4.69, 9.17) is 4.74 Å². The molecule has 0 fully saturated rings. The molecule has 1 nitrogen and oxygen atoms in total. The van der Waals surface area contributed by atoms with E-state index in [2.05, 4.69) is 159 Å². The fraction of sp³-hybridized carbons (Fsp3) is 0.100. The van der Waals surface area contributed by atoms with Crippen molar-refractivity contribution in [2.75, 3.05) is 0 Å². The fourth-order valence-electron chi connectivity index (χ4n) is 7.26. The molecule has 1 heteroatoms. The first-order valence-corrected chi connectivity index (χ1v) is 14.4. The van der Waals surface area contributed by atoms with E-state index in [1.165, 1.54) is 55.6 Å².